The number of aromatic amines is 1. The molecule has 1 atom stereocenters. The molecule has 0 bridgehead atoms. The van der Waals surface area contributed by atoms with Gasteiger partial charge in [0.05, 0.1) is 13.2 Å². The van der Waals surface area contributed by atoms with E-state index in [1.807, 2.05) is 42.5 Å². The van der Waals surface area contributed by atoms with Gasteiger partial charge in [0.15, 0.2) is 0 Å². The van der Waals surface area contributed by atoms with Crippen LogP contribution in [0.15, 0.2) is 73.1 Å². The molecular formula is C24H20N4O3. The standard InChI is InChI=1S/C24H20N4O3/c1-31-17-10-8-16(9-11-17)23-20-21(18-6-2-3-7-19(18)29)26-27-22(20)24(30)28(23)14-15-5-4-12-25-13-15/h2-13,23,29H,14H2,1H3,(H,26,27)/t23-/m1/s1. The van der Waals surface area contributed by atoms with Crippen LogP contribution in [0.1, 0.15) is 33.2 Å². The van der Waals surface area contributed by atoms with Gasteiger partial charge in [0.1, 0.15) is 22.9 Å². The SMILES string of the molecule is COc1ccc([C@@H]2c3c(-c4ccccc4O)n[nH]c3C(=O)N2Cc2cccnc2)cc1. The van der Waals surface area contributed by atoms with Crippen LogP contribution in [0.5, 0.6) is 11.5 Å². The molecule has 7 nitrogen and oxygen atoms in total. The molecule has 31 heavy (non-hydrogen) atoms. The Balaban J connectivity index is 1.66. The molecule has 2 N–H and O–H groups in total. The molecule has 0 unspecified atom stereocenters. The Morgan fingerprint density at radius 3 is 2.61 bits per heavy atom. The average molecular weight is 412 g/mol. The van der Waals surface area contributed by atoms with Crippen LogP contribution in [0, 0.1) is 0 Å². The second-order valence-electron chi connectivity index (χ2n) is 7.35. The van der Waals surface area contributed by atoms with Gasteiger partial charge in [-0.1, -0.05) is 30.3 Å². The summed E-state index contributed by atoms with van der Waals surface area (Å²) in [6.45, 7) is 0.395. The number of pyridine rings is 1. The van der Waals surface area contributed by atoms with E-state index in [1.165, 1.54) is 0 Å². The summed E-state index contributed by atoms with van der Waals surface area (Å²) in [5.41, 5.74) is 4.18. The highest BCUT2D eigenvalue weighted by Gasteiger charge is 2.42. The number of phenolic OH excluding ortho intramolecular Hbond substituents is 1. The van der Waals surface area contributed by atoms with Crippen LogP contribution in [0.2, 0.25) is 0 Å². The minimum atomic E-state index is -0.373. The van der Waals surface area contributed by atoms with Crippen LogP contribution < -0.4 is 4.74 Å². The summed E-state index contributed by atoms with van der Waals surface area (Å²) >= 11 is 0. The van der Waals surface area contributed by atoms with Gasteiger partial charge in [-0.2, -0.15) is 5.10 Å². The predicted octanol–water partition coefficient (Wildman–Crippen LogP) is 3.93. The number of nitrogens with zero attached hydrogens (tertiary/aromatic N) is 3. The molecule has 0 aliphatic carbocycles. The second-order valence-corrected chi connectivity index (χ2v) is 7.35. The van der Waals surface area contributed by atoms with Crippen LogP contribution in [-0.4, -0.2) is 38.2 Å². The van der Waals surface area contributed by atoms with E-state index in [0.717, 1.165) is 22.4 Å². The fourth-order valence-electron chi connectivity index (χ4n) is 4.06. The third kappa shape index (κ3) is 3.20. The summed E-state index contributed by atoms with van der Waals surface area (Å²) < 4.78 is 5.30. The van der Waals surface area contributed by atoms with E-state index < -0.39 is 0 Å². The summed E-state index contributed by atoms with van der Waals surface area (Å²) in [7, 11) is 1.62. The lowest BCUT2D eigenvalue weighted by molar-refractivity contribution is 0.0730. The molecule has 1 amide bonds. The van der Waals surface area contributed by atoms with E-state index in [2.05, 4.69) is 15.2 Å². The molecule has 1 aliphatic rings. The second kappa shape index (κ2) is 7.60. The van der Waals surface area contributed by atoms with Gasteiger partial charge in [0.2, 0.25) is 0 Å². The van der Waals surface area contributed by atoms with E-state index in [1.54, 1.807) is 42.6 Å². The zero-order valence-corrected chi connectivity index (χ0v) is 16.8. The average Bonchev–Trinajstić information content (AvgIpc) is 3.34. The molecule has 2 aromatic carbocycles. The first kappa shape index (κ1) is 18.9. The number of benzene rings is 2. The van der Waals surface area contributed by atoms with Gasteiger partial charge >= 0.3 is 0 Å². The van der Waals surface area contributed by atoms with Crippen molar-refractivity contribution in [1.82, 2.24) is 20.1 Å². The Bertz CT molecular complexity index is 1240. The number of para-hydroxylation sites is 1. The summed E-state index contributed by atoms with van der Waals surface area (Å²) in [6.07, 6.45) is 3.46. The Morgan fingerprint density at radius 2 is 1.90 bits per heavy atom. The molecule has 0 saturated heterocycles. The maximum Gasteiger partial charge on any atom is 0.273 e. The number of nitrogens with one attached hydrogen (secondary N) is 1. The quantitative estimate of drug-likeness (QED) is 0.518. The number of ether oxygens (including phenoxy) is 1. The van der Waals surface area contributed by atoms with E-state index in [0.29, 0.717) is 23.5 Å². The number of aromatic hydroxyl groups is 1. The van der Waals surface area contributed by atoms with Crippen molar-refractivity contribution in [2.24, 2.45) is 0 Å². The highest BCUT2D eigenvalue weighted by molar-refractivity contribution is 6.00. The highest BCUT2D eigenvalue weighted by Crippen LogP contribution is 2.45. The molecule has 7 heteroatoms. The lowest BCUT2D eigenvalue weighted by Gasteiger charge is -2.26. The van der Waals surface area contributed by atoms with Gasteiger partial charge < -0.3 is 14.7 Å². The number of amides is 1. The van der Waals surface area contributed by atoms with Crippen molar-refractivity contribution in [2.75, 3.05) is 7.11 Å². The van der Waals surface area contributed by atoms with E-state index in [4.69, 9.17) is 4.74 Å². The molecule has 2 aromatic heterocycles. The fourth-order valence-corrected chi connectivity index (χ4v) is 4.06. The topological polar surface area (TPSA) is 91.3 Å². The zero-order chi connectivity index (χ0) is 21.4. The molecule has 3 heterocycles. The van der Waals surface area contributed by atoms with E-state index in [9.17, 15) is 9.90 Å². The summed E-state index contributed by atoms with van der Waals surface area (Å²) in [4.78, 5) is 19.4. The van der Waals surface area contributed by atoms with Crippen molar-refractivity contribution in [3.63, 3.8) is 0 Å². The monoisotopic (exact) mass is 412 g/mol. The lowest BCUT2D eigenvalue weighted by Crippen LogP contribution is -2.29. The third-order valence-corrected chi connectivity index (χ3v) is 5.53. The van der Waals surface area contributed by atoms with Crippen molar-refractivity contribution in [1.29, 1.82) is 0 Å². The molecule has 0 radical (unpaired) electrons. The normalized spacial score (nSPS) is 15.2. The van der Waals surface area contributed by atoms with Crippen molar-refractivity contribution >= 4 is 5.91 Å². The van der Waals surface area contributed by atoms with Crippen molar-refractivity contribution < 1.29 is 14.6 Å². The first-order valence-corrected chi connectivity index (χ1v) is 9.88. The number of carbonyl (C=O) groups is 1. The molecule has 1 aliphatic heterocycles. The predicted molar refractivity (Wildman–Crippen MR) is 115 cm³/mol. The molecule has 4 aromatic rings. The smallest absolute Gasteiger partial charge is 0.273 e. The minimum Gasteiger partial charge on any atom is -0.507 e. The Hall–Kier alpha value is -4.13. The number of hydrogen-bond acceptors (Lipinski definition) is 5. The Labute approximate surface area is 179 Å². The molecule has 0 spiro atoms. The molecule has 5 rings (SSSR count). The van der Waals surface area contributed by atoms with E-state index in [-0.39, 0.29) is 17.7 Å². The maximum atomic E-state index is 13.4. The minimum absolute atomic E-state index is 0.114. The lowest BCUT2D eigenvalue weighted by atomic mass is 9.95. The van der Waals surface area contributed by atoms with Crippen molar-refractivity contribution in [3.05, 3.63) is 95.4 Å². The van der Waals surface area contributed by atoms with Gasteiger partial charge in [0.25, 0.3) is 5.91 Å². The van der Waals surface area contributed by atoms with Crippen molar-refractivity contribution in [2.45, 2.75) is 12.6 Å². The van der Waals surface area contributed by atoms with Gasteiger partial charge in [0, 0.05) is 30.1 Å². The van der Waals surface area contributed by atoms with Crippen LogP contribution in [0.25, 0.3) is 11.3 Å². The highest BCUT2D eigenvalue weighted by atomic mass is 16.5. The van der Waals surface area contributed by atoms with Gasteiger partial charge in [-0.3, -0.25) is 14.9 Å². The largest absolute Gasteiger partial charge is 0.507 e. The van der Waals surface area contributed by atoms with Gasteiger partial charge in [-0.05, 0) is 41.5 Å². The number of phenols is 1. The maximum absolute atomic E-state index is 13.4. The van der Waals surface area contributed by atoms with Gasteiger partial charge in [-0.25, -0.2) is 0 Å². The van der Waals surface area contributed by atoms with Crippen LogP contribution in [0.4, 0.5) is 0 Å². The molecular weight excluding hydrogens is 392 g/mol. The molecule has 0 saturated carbocycles. The third-order valence-electron chi connectivity index (χ3n) is 5.53. The fraction of sp³-hybridized carbons (Fsp3) is 0.125. The van der Waals surface area contributed by atoms with Crippen molar-refractivity contribution in [3.8, 4) is 22.8 Å². The Morgan fingerprint density at radius 1 is 1.10 bits per heavy atom. The Kier molecular flexibility index (Phi) is 4.63. The number of aromatic nitrogens is 3. The number of H-pyrrole nitrogens is 1. The number of fused-ring (bicyclic) bond motifs is 1. The number of methoxy groups -OCH3 is 1. The summed E-state index contributed by atoms with van der Waals surface area (Å²) in [6, 6.07) is 18.1. The number of rotatable bonds is 5. The number of hydrogen-bond donors (Lipinski definition) is 2. The zero-order valence-electron chi connectivity index (χ0n) is 16.8. The summed E-state index contributed by atoms with van der Waals surface area (Å²) in [5, 5.41) is 17.7. The first-order valence-electron chi connectivity index (χ1n) is 9.88. The summed E-state index contributed by atoms with van der Waals surface area (Å²) in [5.74, 6) is 0.706. The number of carbonyl (C=O) groups excluding carboxylic acids is 1. The van der Waals surface area contributed by atoms with Crippen LogP contribution in [-0.2, 0) is 6.54 Å². The molecule has 154 valence electrons. The van der Waals surface area contributed by atoms with Crippen LogP contribution in [0.3, 0.4) is 0 Å². The van der Waals surface area contributed by atoms with E-state index >= 15 is 0 Å². The van der Waals surface area contributed by atoms with Crippen LogP contribution >= 0.6 is 0 Å². The molecule has 0 fully saturated rings. The van der Waals surface area contributed by atoms with Gasteiger partial charge in [-0.15, -0.1) is 0 Å². The first-order chi connectivity index (χ1) is 15.2.